The molecule has 160 valence electrons. The highest BCUT2D eigenvalue weighted by molar-refractivity contribution is 5.80. The van der Waals surface area contributed by atoms with Gasteiger partial charge in [-0.15, -0.1) is 0 Å². The lowest BCUT2D eigenvalue weighted by atomic mass is 9.84. The van der Waals surface area contributed by atoms with E-state index in [-0.39, 0.29) is 17.6 Å². The Kier molecular flexibility index (Phi) is 4.67. The zero-order valence-electron chi connectivity index (χ0n) is 18.1. The van der Waals surface area contributed by atoms with Crippen LogP contribution in [-0.4, -0.2) is 63.9 Å². The van der Waals surface area contributed by atoms with E-state index in [1.807, 2.05) is 50.9 Å². The lowest BCUT2D eigenvalue weighted by molar-refractivity contribution is 0.0558. The Hall–Kier alpha value is -3.17. The number of nitrogens with zero attached hydrogens (tertiary/aromatic N) is 7. The molecule has 0 aliphatic carbocycles. The molecule has 3 aromatic heterocycles. The summed E-state index contributed by atoms with van der Waals surface area (Å²) in [6.45, 7) is 8.43. The minimum Gasteiger partial charge on any atom is -0.470 e. The topological polar surface area (TPSA) is 111 Å². The normalized spacial score (nSPS) is 19.6. The van der Waals surface area contributed by atoms with Crippen molar-refractivity contribution in [1.82, 2.24) is 34.0 Å². The highest BCUT2D eigenvalue weighted by Gasteiger charge is 2.45. The molecular formula is C20H27N7O3. The number of aryl methyl sites for hydroxylation is 2. The predicted molar refractivity (Wildman–Crippen MR) is 110 cm³/mol. The smallest absolute Gasteiger partial charge is 0.407 e. The number of carbonyl (C=O) groups is 1. The van der Waals surface area contributed by atoms with Crippen LogP contribution in [0.3, 0.4) is 0 Å². The third-order valence-electron chi connectivity index (χ3n) is 5.81. The maximum atomic E-state index is 11.7. The number of amides is 1. The lowest BCUT2D eigenvalue weighted by Crippen LogP contribution is -2.48. The number of aromatic nitrogens is 6. The van der Waals surface area contributed by atoms with Crippen LogP contribution in [0, 0.1) is 12.3 Å². The number of rotatable bonds is 3. The minimum absolute atomic E-state index is 0.285. The van der Waals surface area contributed by atoms with Crippen LogP contribution < -0.4 is 4.74 Å². The number of likely N-dealkylation sites (tertiary alicyclic amines) is 1. The van der Waals surface area contributed by atoms with E-state index in [4.69, 9.17) is 9.72 Å². The van der Waals surface area contributed by atoms with Gasteiger partial charge in [0.2, 0.25) is 5.88 Å². The van der Waals surface area contributed by atoms with Gasteiger partial charge in [-0.3, -0.25) is 0 Å². The van der Waals surface area contributed by atoms with E-state index in [0.29, 0.717) is 35.8 Å². The average molecular weight is 413 g/mol. The van der Waals surface area contributed by atoms with Crippen molar-refractivity contribution >= 4 is 17.3 Å². The van der Waals surface area contributed by atoms with E-state index in [1.54, 1.807) is 6.20 Å². The molecule has 1 aliphatic heterocycles. The predicted octanol–water partition coefficient (Wildman–Crippen LogP) is 2.62. The number of carboxylic acid groups (broad SMARTS) is 1. The summed E-state index contributed by atoms with van der Waals surface area (Å²) in [5.41, 5.74) is 1.78. The van der Waals surface area contributed by atoms with Crippen molar-refractivity contribution in [3.05, 3.63) is 18.3 Å². The van der Waals surface area contributed by atoms with Crippen molar-refractivity contribution < 1.29 is 14.6 Å². The van der Waals surface area contributed by atoms with Crippen LogP contribution in [0.4, 0.5) is 4.79 Å². The van der Waals surface area contributed by atoms with Crippen LogP contribution >= 0.6 is 0 Å². The van der Waals surface area contributed by atoms with Crippen LogP contribution in [0.1, 0.15) is 33.0 Å². The first-order valence-electron chi connectivity index (χ1n) is 9.92. The number of imidazole rings is 2. The first-order chi connectivity index (χ1) is 14.1. The van der Waals surface area contributed by atoms with Gasteiger partial charge in [0.25, 0.3) is 0 Å². The molecule has 30 heavy (non-hydrogen) atoms. The maximum Gasteiger partial charge on any atom is 0.407 e. The molecule has 0 spiro atoms. The number of hydrogen-bond acceptors (Lipinski definition) is 6. The molecule has 0 bridgehead atoms. The molecule has 4 heterocycles. The van der Waals surface area contributed by atoms with Crippen LogP contribution in [0.15, 0.2) is 12.5 Å². The molecule has 10 nitrogen and oxygen atoms in total. The van der Waals surface area contributed by atoms with Crippen molar-refractivity contribution in [1.29, 1.82) is 0 Å². The molecule has 0 aromatic carbocycles. The monoisotopic (exact) mass is 413 g/mol. The summed E-state index contributed by atoms with van der Waals surface area (Å²) in [5, 5.41) is 9.62. The third-order valence-corrected chi connectivity index (χ3v) is 5.81. The molecule has 1 aliphatic rings. The lowest BCUT2D eigenvalue weighted by Gasteiger charge is -2.36. The van der Waals surface area contributed by atoms with Crippen molar-refractivity contribution in [3.8, 4) is 17.4 Å². The van der Waals surface area contributed by atoms with E-state index >= 15 is 0 Å². The van der Waals surface area contributed by atoms with Gasteiger partial charge in [-0.05, 0) is 12.3 Å². The zero-order valence-corrected chi connectivity index (χ0v) is 18.1. The number of ether oxygens (including phenoxy) is 1. The summed E-state index contributed by atoms with van der Waals surface area (Å²) in [6, 6.07) is -0.289. The second kappa shape index (κ2) is 6.96. The molecule has 0 saturated carbocycles. The quantitative estimate of drug-likeness (QED) is 0.702. The van der Waals surface area contributed by atoms with Gasteiger partial charge < -0.3 is 23.9 Å². The molecule has 1 fully saturated rings. The van der Waals surface area contributed by atoms with Crippen LogP contribution in [0.25, 0.3) is 22.7 Å². The zero-order chi connectivity index (χ0) is 21.8. The van der Waals surface area contributed by atoms with E-state index < -0.39 is 6.09 Å². The molecule has 1 saturated heterocycles. The Bertz CT molecular complexity index is 1110. The van der Waals surface area contributed by atoms with Gasteiger partial charge in [0, 0.05) is 27.1 Å². The molecular weight excluding hydrogens is 386 g/mol. The highest BCUT2D eigenvalue weighted by Crippen LogP contribution is 2.36. The molecule has 2 unspecified atom stereocenters. The van der Waals surface area contributed by atoms with Gasteiger partial charge in [-0.1, -0.05) is 20.8 Å². The fourth-order valence-corrected chi connectivity index (χ4v) is 4.27. The van der Waals surface area contributed by atoms with Gasteiger partial charge in [-0.2, -0.15) is 4.98 Å². The SMILES string of the molecule is Cc1ncc(-c2nc3c(OC4CCN(C(=O)O)C4C(C)(C)C)ncnc3n2C)n1C. The second-order valence-corrected chi connectivity index (χ2v) is 8.83. The summed E-state index contributed by atoms with van der Waals surface area (Å²) in [5.74, 6) is 1.96. The van der Waals surface area contributed by atoms with E-state index in [2.05, 4.69) is 15.0 Å². The van der Waals surface area contributed by atoms with Crippen LogP contribution in [-0.2, 0) is 14.1 Å². The van der Waals surface area contributed by atoms with Gasteiger partial charge in [0.05, 0.1) is 12.2 Å². The Labute approximate surface area is 174 Å². The second-order valence-electron chi connectivity index (χ2n) is 8.83. The van der Waals surface area contributed by atoms with Gasteiger partial charge in [-0.25, -0.2) is 19.7 Å². The Balaban J connectivity index is 1.74. The van der Waals surface area contributed by atoms with Crippen molar-refractivity contribution in [3.63, 3.8) is 0 Å². The van der Waals surface area contributed by atoms with Crippen molar-refractivity contribution in [2.24, 2.45) is 19.5 Å². The van der Waals surface area contributed by atoms with Crippen molar-refractivity contribution in [2.75, 3.05) is 6.54 Å². The molecule has 2 atom stereocenters. The van der Waals surface area contributed by atoms with E-state index in [9.17, 15) is 9.90 Å². The molecule has 0 radical (unpaired) electrons. The van der Waals surface area contributed by atoms with E-state index in [1.165, 1.54) is 11.2 Å². The third kappa shape index (κ3) is 3.16. The fraction of sp³-hybridized carbons (Fsp3) is 0.550. The average Bonchev–Trinajstić information content (AvgIpc) is 3.33. The fourth-order valence-electron chi connectivity index (χ4n) is 4.27. The standard InChI is InChI=1S/C20H27N7O3/c1-11-21-9-12(25(11)5)16-24-14-17(26(16)6)22-10-23-18(14)30-13-7-8-27(19(28)29)15(13)20(2,3)4/h9-10,13,15H,7-8H2,1-6H3,(H,28,29). The van der Waals surface area contributed by atoms with Crippen LogP contribution in [0.5, 0.6) is 5.88 Å². The van der Waals surface area contributed by atoms with Gasteiger partial charge in [0.15, 0.2) is 17.0 Å². The first kappa shape index (κ1) is 20.1. The first-order valence-corrected chi connectivity index (χ1v) is 9.92. The molecule has 3 aromatic rings. The van der Waals surface area contributed by atoms with E-state index in [0.717, 1.165) is 11.5 Å². The summed E-state index contributed by atoms with van der Waals surface area (Å²) in [7, 11) is 3.83. The van der Waals surface area contributed by atoms with Crippen LogP contribution in [0.2, 0.25) is 0 Å². The molecule has 1 amide bonds. The summed E-state index contributed by atoms with van der Waals surface area (Å²) in [6.07, 6.45) is 2.58. The largest absolute Gasteiger partial charge is 0.470 e. The minimum atomic E-state index is -0.930. The molecule has 1 N–H and O–H groups in total. The van der Waals surface area contributed by atoms with Gasteiger partial charge in [0.1, 0.15) is 23.9 Å². The Morgan fingerprint density at radius 2 is 1.93 bits per heavy atom. The summed E-state index contributed by atoms with van der Waals surface area (Å²) < 4.78 is 10.1. The summed E-state index contributed by atoms with van der Waals surface area (Å²) in [4.78, 5) is 31.0. The maximum absolute atomic E-state index is 11.7. The number of hydrogen-bond donors (Lipinski definition) is 1. The Morgan fingerprint density at radius 1 is 1.20 bits per heavy atom. The van der Waals surface area contributed by atoms with Crippen molar-refractivity contribution in [2.45, 2.75) is 46.3 Å². The molecule has 4 rings (SSSR count). The Morgan fingerprint density at radius 3 is 2.53 bits per heavy atom. The molecule has 10 heteroatoms. The highest BCUT2D eigenvalue weighted by atomic mass is 16.5. The van der Waals surface area contributed by atoms with Gasteiger partial charge >= 0.3 is 6.09 Å². The number of fused-ring (bicyclic) bond motifs is 1. The summed E-state index contributed by atoms with van der Waals surface area (Å²) >= 11 is 0.